The Kier molecular flexibility index (Phi) is 4.34. The van der Waals surface area contributed by atoms with Gasteiger partial charge in [-0.1, -0.05) is 18.1 Å². The van der Waals surface area contributed by atoms with Gasteiger partial charge in [-0.05, 0) is 24.3 Å². The first-order chi connectivity index (χ1) is 10.3. The third kappa shape index (κ3) is 3.32. The van der Waals surface area contributed by atoms with Crippen LogP contribution in [0.2, 0.25) is 0 Å². The Labute approximate surface area is 128 Å². The van der Waals surface area contributed by atoms with E-state index >= 15 is 0 Å². The van der Waals surface area contributed by atoms with E-state index in [0.29, 0.717) is 25.3 Å². The molecule has 6 heteroatoms. The zero-order valence-corrected chi connectivity index (χ0v) is 12.9. The van der Waals surface area contributed by atoms with E-state index in [1.807, 2.05) is 23.3 Å². The summed E-state index contributed by atoms with van der Waals surface area (Å²) in [6, 6.07) is 4.09. The van der Waals surface area contributed by atoms with Gasteiger partial charge in [0.25, 0.3) is 0 Å². The molecule has 21 heavy (non-hydrogen) atoms. The van der Waals surface area contributed by atoms with Crippen molar-refractivity contribution in [2.45, 2.75) is 38.5 Å². The molecule has 112 valence electrons. The van der Waals surface area contributed by atoms with Gasteiger partial charge in [-0.3, -0.25) is 4.79 Å². The Morgan fingerprint density at radius 3 is 3.24 bits per heavy atom. The maximum Gasteiger partial charge on any atom is 0.231 e. The summed E-state index contributed by atoms with van der Waals surface area (Å²) in [7, 11) is 0. The van der Waals surface area contributed by atoms with E-state index in [1.165, 1.54) is 4.88 Å². The Hall–Kier alpha value is -1.69. The summed E-state index contributed by atoms with van der Waals surface area (Å²) < 4.78 is 5.39. The lowest BCUT2D eigenvalue weighted by Gasteiger charge is -2.14. The molecule has 0 bridgehead atoms. The Morgan fingerprint density at radius 2 is 2.48 bits per heavy atom. The molecule has 0 saturated carbocycles. The third-order valence-electron chi connectivity index (χ3n) is 3.75. The lowest BCUT2D eigenvalue weighted by atomic mass is 10.1. The fraction of sp³-hybridized carbons (Fsp3) is 0.533. The van der Waals surface area contributed by atoms with Gasteiger partial charge >= 0.3 is 0 Å². The van der Waals surface area contributed by atoms with E-state index in [-0.39, 0.29) is 11.8 Å². The van der Waals surface area contributed by atoms with Crippen molar-refractivity contribution in [1.29, 1.82) is 0 Å². The number of nitrogens with zero attached hydrogens (tertiary/aromatic N) is 3. The summed E-state index contributed by atoms with van der Waals surface area (Å²) in [4.78, 5) is 19.5. The highest BCUT2D eigenvalue weighted by molar-refractivity contribution is 7.09. The van der Waals surface area contributed by atoms with Gasteiger partial charge in [0.05, 0.1) is 5.92 Å². The predicted octanol–water partition coefficient (Wildman–Crippen LogP) is 2.84. The van der Waals surface area contributed by atoms with Gasteiger partial charge < -0.3 is 9.42 Å². The van der Waals surface area contributed by atoms with Gasteiger partial charge in [-0.2, -0.15) is 4.98 Å². The molecule has 1 amide bonds. The van der Waals surface area contributed by atoms with E-state index in [4.69, 9.17) is 4.52 Å². The molecule has 1 saturated heterocycles. The van der Waals surface area contributed by atoms with Gasteiger partial charge in [-0.15, -0.1) is 11.3 Å². The summed E-state index contributed by atoms with van der Waals surface area (Å²) in [6.07, 6.45) is 3.15. The number of carbonyl (C=O) groups excluding carboxylic acids is 1. The Bertz CT molecular complexity index is 594. The van der Waals surface area contributed by atoms with Crippen LogP contribution in [0.1, 0.15) is 48.7 Å². The van der Waals surface area contributed by atoms with Crippen molar-refractivity contribution in [3.05, 3.63) is 34.1 Å². The van der Waals surface area contributed by atoms with Crippen LogP contribution in [0, 0.1) is 0 Å². The summed E-state index contributed by atoms with van der Waals surface area (Å²) in [5.41, 5.74) is 0. The Morgan fingerprint density at radius 1 is 1.57 bits per heavy atom. The van der Waals surface area contributed by atoms with Crippen LogP contribution >= 0.6 is 11.3 Å². The number of hydrogen-bond donors (Lipinski definition) is 0. The first-order valence-corrected chi connectivity index (χ1v) is 8.27. The van der Waals surface area contributed by atoms with Crippen LogP contribution in [-0.4, -0.2) is 34.0 Å². The minimum absolute atomic E-state index is 0.190. The van der Waals surface area contributed by atoms with Crippen molar-refractivity contribution >= 4 is 17.2 Å². The van der Waals surface area contributed by atoms with E-state index in [9.17, 15) is 4.79 Å². The zero-order chi connectivity index (χ0) is 14.7. The molecule has 1 fully saturated rings. The van der Waals surface area contributed by atoms with Crippen molar-refractivity contribution in [2.75, 3.05) is 13.1 Å². The minimum Gasteiger partial charge on any atom is -0.342 e. The van der Waals surface area contributed by atoms with Crippen LogP contribution in [0.3, 0.4) is 0 Å². The maximum atomic E-state index is 11.9. The molecule has 0 aliphatic carbocycles. The topological polar surface area (TPSA) is 59.2 Å². The lowest BCUT2D eigenvalue weighted by Crippen LogP contribution is -2.27. The zero-order valence-electron chi connectivity index (χ0n) is 12.1. The van der Waals surface area contributed by atoms with Crippen LogP contribution in [0.25, 0.3) is 0 Å². The van der Waals surface area contributed by atoms with Crippen molar-refractivity contribution in [1.82, 2.24) is 15.0 Å². The number of thiophene rings is 1. The number of aromatic nitrogens is 2. The predicted molar refractivity (Wildman–Crippen MR) is 80.3 cm³/mol. The largest absolute Gasteiger partial charge is 0.342 e. The smallest absolute Gasteiger partial charge is 0.231 e. The molecule has 0 radical (unpaired) electrons. The molecule has 0 N–H and O–H groups in total. The lowest BCUT2D eigenvalue weighted by molar-refractivity contribution is -0.130. The standard InChI is InChI=1S/C15H19N3O2S/c1-2-4-14(19)18-7-6-11(10-18)15-16-13(17-20-15)9-12-5-3-8-21-12/h3,5,8,11H,2,4,6-7,9-10H2,1H3/t11-/m1/s1. The molecule has 0 aromatic carbocycles. The first-order valence-electron chi connectivity index (χ1n) is 7.39. The normalized spacial score (nSPS) is 18.3. The highest BCUT2D eigenvalue weighted by atomic mass is 32.1. The first kappa shape index (κ1) is 14.3. The quantitative estimate of drug-likeness (QED) is 0.852. The SMILES string of the molecule is CCCC(=O)N1CC[C@@H](c2nc(Cc3cccs3)no2)C1. The summed E-state index contributed by atoms with van der Waals surface area (Å²) in [5, 5.41) is 6.11. The van der Waals surface area contributed by atoms with Crippen LogP contribution in [0.5, 0.6) is 0 Å². The van der Waals surface area contributed by atoms with E-state index in [2.05, 4.69) is 16.2 Å². The number of carbonyl (C=O) groups is 1. The molecule has 3 rings (SSSR count). The summed E-state index contributed by atoms with van der Waals surface area (Å²) in [5.74, 6) is 1.83. The second-order valence-electron chi connectivity index (χ2n) is 5.38. The van der Waals surface area contributed by atoms with E-state index in [1.54, 1.807) is 11.3 Å². The van der Waals surface area contributed by atoms with Gasteiger partial charge in [0.15, 0.2) is 5.82 Å². The second-order valence-corrected chi connectivity index (χ2v) is 6.41. The molecule has 1 aliphatic heterocycles. The molecule has 2 aromatic rings. The summed E-state index contributed by atoms with van der Waals surface area (Å²) in [6.45, 7) is 3.53. The third-order valence-corrected chi connectivity index (χ3v) is 4.63. The fourth-order valence-electron chi connectivity index (χ4n) is 2.63. The molecule has 2 aromatic heterocycles. The highest BCUT2D eigenvalue weighted by Crippen LogP contribution is 2.27. The molecular formula is C15H19N3O2S. The van der Waals surface area contributed by atoms with Gasteiger partial charge in [0, 0.05) is 30.8 Å². The number of rotatable bonds is 5. The average Bonchev–Trinajstić information content (AvgIpc) is 3.20. The maximum absolute atomic E-state index is 11.9. The monoisotopic (exact) mass is 305 g/mol. The van der Waals surface area contributed by atoms with Crippen molar-refractivity contribution in [3.63, 3.8) is 0 Å². The highest BCUT2D eigenvalue weighted by Gasteiger charge is 2.30. The molecule has 0 spiro atoms. The van der Waals surface area contributed by atoms with E-state index < -0.39 is 0 Å². The molecule has 0 unspecified atom stereocenters. The number of hydrogen-bond acceptors (Lipinski definition) is 5. The molecule has 5 nitrogen and oxygen atoms in total. The van der Waals surface area contributed by atoms with E-state index in [0.717, 1.165) is 25.2 Å². The molecule has 1 aliphatic rings. The van der Waals surface area contributed by atoms with Crippen molar-refractivity contribution < 1.29 is 9.32 Å². The van der Waals surface area contributed by atoms with Gasteiger partial charge in [0.1, 0.15) is 0 Å². The number of likely N-dealkylation sites (tertiary alicyclic amines) is 1. The average molecular weight is 305 g/mol. The van der Waals surface area contributed by atoms with Crippen molar-refractivity contribution in [3.8, 4) is 0 Å². The summed E-state index contributed by atoms with van der Waals surface area (Å²) >= 11 is 1.69. The molecule has 3 heterocycles. The van der Waals surface area contributed by atoms with Crippen LogP contribution in [-0.2, 0) is 11.2 Å². The van der Waals surface area contributed by atoms with Gasteiger partial charge in [0.2, 0.25) is 11.8 Å². The van der Waals surface area contributed by atoms with Crippen LogP contribution in [0.4, 0.5) is 0 Å². The second kappa shape index (κ2) is 6.39. The minimum atomic E-state index is 0.190. The van der Waals surface area contributed by atoms with Crippen molar-refractivity contribution in [2.24, 2.45) is 0 Å². The van der Waals surface area contributed by atoms with Gasteiger partial charge in [-0.25, -0.2) is 0 Å². The molecular weight excluding hydrogens is 286 g/mol. The van der Waals surface area contributed by atoms with Crippen LogP contribution < -0.4 is 0 Å². The number of amides is 1. The van der Waals surface area contributed by atoms with Crippen LogP contribution in [0.15, 0.2) is 22.0 Å². The molecule has 1 atom stereocenters. The fourth-order valence-corrected chi connectivity index (χ4v) is 3.34. The Balaban J connectivity index is 1.61.